The van der Waals surface area contributed by atoms with Crippen LogP contribution in [0.1, 0.15) is 20.8 Å². The molecule has 0 radical (unpaired) electrons. The topological polar surface area (TPSA) is 93.7 Å². The molecule has 0 aliphatic heterocycles. The molecule has 2 amide bonds. The fourth-order valence-corrected chi connectivity index (χ4v) is 1.52. The van der Waals surface area contributed by atoms with Gasteiger partial charge in [0.05, 0.1) is 13.3 Å². The third kappa shape index (κ3) is 5.72. The highest BCUT2D eigenvalue weighted by molar-refractivity contribution is 6.28. The Morgan fingerprint density at radius 3 is 2.59 bits per heavy atom. The number of carbonyl (C=O) groups excluding carboxylic acids is 2. The molecule has 1 N–H and O–H groups in total. The van der Waals surface area contributed by atoms with Gasteiger partial charge in [0.1, 0.15) is 17.8 Å². The predicted octanol–water partition coefficient (Wildman–Crippen LogP) is 1.94. The lowest BCUT2D eigenvalue weighted by Crippen LogP contribution is -2.38. The number of carbonyl (C=O) groups is 2. The van der Waals surface area contributed by atoms with Crippen molar-refractivity contribution < 1.29 is 19.1 Å². The predicted molar refractivity (Wildman–Crippen MR) is 81.1 cm³/mol. The van der Waals surface area contributed by atoms with Crippen LogP contribution < -0.4 is 10.1 Å². The van der Waals surface area contributed by atoms with Crippen molar-refractivity contribution in [2.45, 2.75) is 26.4 Å². The first-order chi connectivity index (χ1) is 10.1. The lowest BCUT2D eigenvalue weighted by molar-refractivity contribution is -0.117. The number of nitrogens with zero attached hydrogens (tertiary/aromatic N) is 3. The van der Waals surface area contributed by atoms with Crippen LogP contribution in [0.4, 0.5) is 10.5 Å². The molecule has 0 saturated carbocycles. The summed E-state index contributed by atoms with van der Waals surface area (Å²) in [6, 6.07) is 0. The number of anilines is 1. The van der Waals surface area contributed by atoms with E-state index >= 15 is 0 Å². The summed E-state index contributed by atoms with van der Waals surface area (Å²) in [7, 11) is 2.85. The van der Waals surface area contributed by atoms with Gasteiger partial charge in [0.25, 0.3) is 0 Å². The van der Waals surface area contributed by atoms with Gasteiger partial charge in [-0.2, -0.15) is 4.98 Å². The van der Waals surface area contributed by atoms with Crippen LogP contribution in [-0.4, -0.2) is 53.2 Å². The van der Waals surface area contributed by atoms with Gasteiger partial charge in [0.2, 0.25) is 17.1 Å². The Morgan fingerprint density at radius 1 is 1.41 bits per heavy atom. The average molecular weight is 331 g/mol. The smallest absolute Gasteiger partial charge is 0.410 e. The van der Waals surface area contributed by atoms with Crippen molar-refractivity contribution in [2.24, 2.45) is 0 Å². The molecule has 1 aromatic heterocycles. The van der Waals surface area contributed by atoms with Gasteiger partial charge < -0.3 is 19.7 Å². The lowest BCUT2D eigenvalue weighted by Gasteiger charge is -2.24. The maximum absolute atomic E-state index is 11.9. The Morgan fingerprint density at radius 2 is 2.05 bits per heavy atom. The van der Waals surface area contributed by atoms with Gasteiger partial charge >= 0.3 is 6.09 Å². The largest absolute Gasteiger partial charge is 0.479 e. The summed E-state index contributed by atoms with van der Waals surface area (Å²) in [4.78, 5) is 32.4. The van der Waals surface area contributed by atoms with Gasteiger partial charge in [0.15, 0.2) is 0 Å². The standard InChI is InChI=1S/C13H19ClN4O4/c1-13(2,3)22-12(20)18(4)7-9(19)16-8-6-15-11(14)17-10(8)21-5/h6H,7H2,1-5H3,(H,16,19). The number of methoxy groups -OCH3 is 1. The number of likely N-dealkylation sites (N-methyl/N-ethyl adjacent to an activating group) is 1. The van der Waals surface area contributed by atoms with E-state index in [2.05, 4.69) is 15.3 Å². The second-order valence-electron chi connectivity index (χ2n) is 5.45. The molecule has 0 aliphatic rings. The molecule has 0 atom stereocenters. The number of rotatable bonds is 4. The number of amides is 2. The van der Waals surface area contributed by atoms with Gasteiger partial charge in [-0.15, -0.1) is 0 Å². The van der Waals surface area contributed by atoms with Gasteiger partial charge in [-0.25, -0.2) is 9.78 Å². The van der Waals surface area contributed by atoms with E-state index in [0.29, 0.717) is 0 Å². The molecule has 0 aliphatic carbocycles. The van der Waals surface area contributed by atoms with Crippen molar-refractivity contribution in [2.75, 3.05) is 26.0 Å². The molecule has 0 bridgehead atoms. The van der Waals surface area contributed by atoms with Crippen molar-refractivity contribution in [3.63, 3.8) is 0 Å². The highest BCUT2D eigenvalue weighted by atomic mass is 35.5. The number of hydrogen-bond acceptors (Lipinski definition) is 6. The molecular weight excluding hydrogens is 312 g/mol. The monoisotopic (exact) mass is 330 g/mol. The van der Waals surface area contributed by atoms with Crippen LogP contribution in [0, 0.1) is 0 Å². The van der Waals surface area contributed by atoms with Gasteiger partial charge in [0, 0.05) is 7.05 Å². The molecule has 1 aromatic rings. The highest BCUT2D eigenvalue weighted by Gasteiger charge is 2.21. The van der Waals surface area contributed by atoms with Crippen molar-refractivity contribution in [1.82, 2.24) is 14.9 Å². The summed E-state index contributed by atoms with van der Waals surface area (Å²) in [6.45, 7) is 5.04. The fourth-order valence-electron chi connectivity index (χ4n) is 1.40. The Balaban J connectivity index is 2.65. The minimum Gasteiger partial charge on any atom is -0.479 e. The molecule has 1 heterocycles. The van der Waals surface area contributed by atoms with Crippen LogP contribution in [0.15, 0.2) is 6.20 Å². The third-order valence-corrected chi connectivity index (χ3v) is 2.46. The molecule has 1 rings (SSSR count). The van der Waals surface area contributed by atoms with Crippen LogP contribution in [-0.2, 0) is 9.53 Å². The van der Waals surface area contributed by atoms with E-state index in [9.17, 15) is 9.59 Å². The average Bonchev–Trinajstić information content (AvgIpc) is 2.38. The minimum atomic E-state index is -0.630. The Kier molecular flexibility index (Phi) is 5.92. The van der Waals surface area contributed by atoms with Crippen LogP contribution in [0.5, 0.6) is 5.88 Å². The molecular formula is C13H19ClN4O4. The van der Waals surface area contributed by atoms with E-state index in [1.54, 1.807) is 20.8 Å². The van der Waals surface area contributed by atoms with E-state index in [4.69, 9.17) is 21.1 Å². The first-order valence-corrected chi connectivity index (χ1v) is 6.80. The van der Waals surface area contributed by atoms with Crippen LogP contribution in [0.2, 0.25) is 5.28 Å². The van der Waals surface area contributed by atoms with E-state index < -0.39 is 17.6 Å². The molecule has 0 saturated heterocycles. The molecule has 0 spiro atoms. The number of ether oxygens (including phenoxy) is 2. The maximum Gasteiger partial charge on any atom is 0.410 e. The number of nitrogens with one attached hydrogen (secondary N) is 1. The van der Waals surface area contributed by atoms with Crippen LogP contribution >= 0.6 is 11.6 Å². The zero-order valence-electron chi connectivity index (χ0n) is 13.1. The summed E-state index contributed by atoms with van der Waals surface area (Å²) in [6.07, 6.45) is 0.724. The summed E-state index contributed by atoms with van der Waals surface area (Å²) in [5, 5.41) is 2.54. The summed E-state index contributed by atoms with van der Waals surface area (Å²) in [5.74, 6) is -0.314. The van der Waals surface area contributed by atoms with E-state index in [-0.39, 0.29) is 23.4 Å². The zero-order valence-corrected chi connectivity index (χ0v) is 13.9. The normalized spacial score (nSPS) is 10.8. The lowest BCUT2D eigenvalue weighted by atomic mass is 10.2. The third-order valence-electron chi connectivity index (χ3n) is 2.28. The van der Waals surface area contributed by atoms with Gasteiger partial charge in [-0.05, 0) is 32.4 Å². The molecule has 122 valence electrons. The summed E-state index contributed by atoms with van der Waals surface area (Å²) >= 11 is 5.64. The maximum atomic E-state index is 11.9. The van der Waals surface area contributed by atoms with E-state index in [1.165, 1.54) is 20.4 Å². The fraction of sp³-hybridized carbons (Fsp3) is 0.538. The minimum absolute atomic E-state index is 0.000669. The first kappa shape index (κ1) is 18.0. The van der Waals surface area contributed by atoms with Crippen molar-refractivity contribution in [3.05, 3.63) is 11.5 Å². The van der Waals surface area contributed by atoms with E-state index in [0.717, 1.165) is 4.90 Å². The SMILES string of the molecule is COc1nc(Cl)ncc1NC(=O)CN(C)C(=O)OC(C)(C)C. The van der Waals surface area contributed by atoms with Gasteiger partial charge in [-0.3, -0.25) is 4.79 Å². The zero-order chi connectivity index (χ0) is 16.9. The van der Waals surface area contributed by atoms with Crippen LogP contribution in [0.3, 0.4) is 0 Å². The summed E-state index contributed by atoms with van der Waals surface area (Å²) in [5.41, 5.74) is -0.371. The molecule has 8 nitrogen and oxygen atoms in total. The van der Waals surface area contributed by atoms with E-state index in [1.807, 2.05) is 0 Å². The Bertz CT molecular complexity index is 559. The summed E-state index contributed by atoms with van der Waals surface area (Å²) < 4.78 is 10.1. The number of hydrogen-bond donors (Lipinski definition) is 1. The molecule has 22 heavy (non-hydrogen) atoms. The molecule has 9 heteroatoms. The Labute approximate surface area is 133 Å². The first-order valence-electron chi connectivity index (χ1n) is 6.43. The molecule has 0 aromatic carbocycles. The quantitative estimate of drug-likeness (QED) is 0.848. The molecule has 0 fully saturated rings. The van der Waals surface area contributed by atoms with Gasteiger partial charge in [-0.1, -0.05) is 0 Å². The Hall–Kier alpha value is -2.09. The highest BCUT2D eigenvalue weighted by Crippen LogP contribution is 2.21. The second kappa shape index (κ2) is 7.26. The second-order valence-corrected chi connectivity index (χ2v) is 5.78. The number of aromatic nitrogens is 2. The number of halogens is 1. The van der Waals surface area contributed by atoms with Crippen molar-refractivity contribution >= 4 is 29.3 Å². The van der Waals surface area contributed by atoms with Crippen molar-refractivity contribution in [1.29, 1.82) is 0 Å². The van der Waals surface area contributed by atoms with Crippen molar-refractivity contribution in [3.8, 4) is 5.88 Å². The molecule has 0 unspecified atom stereocenters. The van der Waals surface area contributed by atoms with Crippen LogP contribution in [0.25, 0.3) is 0 Å².